The zero-order chi connectivity index (χ0) is 11.8. The van der Waals surface area contributed by atoms with E-state index in [1.54, 1.807) is 7.05 Å². The van der Waals surface area contributed by atoms with E-state index < -0.39 is 0 Å². The van der Waals surface area contributed by atoms with Gasteiger partial charge in [0, 0.05) is 19.5 Å². The van der Waals surface area contributed by atoms with Gasteiger partial charge in [-0.25, -0.2) is 0 Å². The largest absolute Gasteiger partial charge is 0.358 e. The number of hydrogen-bond donors (Lipinski definition) is 3. The lowest BCUT2D eigenvalue weighted by Gasteiger charge is -2.22. The summed E-state index contributed by atoms with van der Waals surface area (Å²) in [4.78, 5) is 22.3. The smallest absolute Gasteiger partial charge is 0.239 e. The number of rotatable bonds is 5. The highest BCUT2D eigenvalue weighted by Crippen LogP contribution is 2.11. The summed E-state index contributed by atoms with van der Waals surface area (Å²) in [5, 5.41) is 8.45. The Morgan fingerprint density at radius 2 is 2.12 bits per heavy atom. The molecule has 0 spiro atoms. The van der Waals surface area contributed by atoms with Crippen molar-refractivity contribution in [3.63, 3.8) is 0 Å². The SMILES string of the molecule is CNC(=O)CNC(=O)CCC1CCCCN1. The summed E-state index contributed by atoms with van der Waals surface area (Å²) in [6.07, 6.45) is 4.99. The van der Waals surface area contributed by atoms with E-state index in [1.807, 2.05) is 0 Å². The standard InChI is InChI=1S/C11H21N3O2/c1-12-11(16)8-14-10(15)6-5-9-4-2-3-7-13-9/h9,13H,2-8H2,1H3,(H,12,16)(H,14,15). The molecule has 1 heterocycles. The molecule has 5 nitrogen and oxygen atoms in total. The fourth-order valence-corrected chi connectivity index (χ4v) is 1.83. The van der Waals surface area contributed by atoms with Gasteiger partial charge in [-0.05, 0) is 25.8 Å². The quantitative estimate of drug-likeness (QED) is 0.607. The van der Waals surface area contributed by atoms with E-state index in [0.717, 1.165) is 19.4 Å². The van der Waals surface area contributed by atoms with Crippen LogP contribution in [0.15, 0.2) is 0 Å². The van der Waals surface area contributed by atoms with Crippen molar-refractivity contribution in [1.29, 1.82) is 0 Å². The van der Waals surface area contributed by atoms with E-state index in [-0.39, 0.29) is 18.4 Å². The Labute approximate surface area is 96.4 Å². The summed E-state index contributed by atoms with van der Waals surface area (Å²) in [7, 11) is 1.56. The lowest BCUT2D eigenvalue weighted by Crippen LogP contribution is -2.37. The molecule has 1 aliphatic rings. The lowest BCUT2D eigenvalue weighted by atomic mass is 10.0. The number of hydrogen-bond acceptors (Lipinski definition) is 3. The van der Waals surface area contributed by atoms with Crippen molar-refractivity contribution < 1.29 is 9.59 Å². The average molecular weight is 227 g/mol. The minimum atomic E-state index is -0.163. The van der Waals surface area contributed by atoms with Crippen LogP contribution in [0.2, 0.25) is 0 Å². The summed E-state index contributed by atoms with van der Waals surface area (Å²) < 4.78 is 0. The van der Waals surface area contributed by atoms with E-state index in [1.165, 1.54) is 12.8 Å². The molecular weight excluding hydrogens is 206 g/mol. The Morgan fingerprint density at radius 1 is 1.31 bits per heavy atom. The third kappa shape index (κ3) is 5.11. The molecule has 92 valence electrons. The Bertz CT molecular complexity index is 237. The maximum Gasteiger partial charge on any atom is 0.239 e. The molecule has 1 saturated heterocycles. The summed E-state index contributed by atoms with van der Waals surface area (Å²) in [6, 6.07) is 0.472. The van der Waals surface area contributed by atoms with Crippen molar-refractivity contribution in [2.24, 2.45) is 0 Å². The van der Waals surface area contributed by atoms with E-state index in [2.05, 4.69) is 16.0 Å². The van der Waals surface area contributed by atoms with E-state index in [0.29, 0.717) is 12.5 Å². The minimum Gasteiger partial charge on any atom is -0.358 e. The normalized spacial score (nSPS) is 20.2. The molecule has 2 amide bonds. The first-order valence-electron chi connectivity index (χ1n) is 5.93. The second-order valence-electron chi connectivity index (χ2n) is 4.14. The van der Waals surface area contributed by atoms with Gasteiger partial charge in [-0.3, -0.25) is 9.59 Å². The van der Waals surface area contributed by atoms with E-state index in [4.69, 9.17) is 0 Å². The molecule has 0 radical (unpaired) electrons. The Balaban J connectivity index is 2.07. The maximum atomic E-state index is 11.4. The second kappa shape index (κ2) is 7.22. The molecule has 0 aliphatic carbocycles. The molecule has 0 aromatic heterocycles. The monoisotopic (exact) mass is 227 g/mol. The van der Waals surface area contributed by atoms with Gasteiger partial charge in [-0.2, -0.15) is 0 Å². The van der Waals surface area contributed by atoms with Crippen molar-refractivity contribution in [2.75, 3.05) is 20.1 Å². The molecule has 16 heavy (non-hydrogen) atoms. The molecular formula is C11H21N3O2. The predicted octanol–water partition coefficient (Wildman–Crippen LogP) is -0.229. The van der Waals surface area contributed by atoms with Crippen LogP contribution in [0.3, 0.4) is 0 Å². The highest BCUT2D eigenvalue weighted by atomic mass is 16.2. The predicted molar refractivity (Wildman–Crippen MR) is 62.0 cm³/mol. The van der Waals surface area contributed by atoms with Crippen LogP contribution in [0.1, 0.15) is 32.1 Å². The molecule has 1 fully saturated rings. The third-order valence-corrected chi connectivity index (χ3v) is 2.86. The zero-order valence-electron chi connectivity index (χ0n) is 9.84. The highest BCUT2D eigenvalue weighted by molar-refractivity contribution is 5.84. The van der Waals surface area contributed by atoms with Crippen LogP contribution in [-0.2, 0) is 9.59 Å². The molecule has 3 N–H and O–H groups in total. The fourth-order valence-electron chi connectivity index (χ4n) is 1.83. The topological polar surface area (TPSA) is 70.2 Å². The van der Waals surface area contributed by atoms with Crippen molar-refractivity contribution in [3.05, 3.63) is 0 Å². The first-order chi connectivity index (χ1) is 7.72. The molecule has 1 rings (SSSR count). The van der Waals surface area contributed by atoms with Gasteiger partial charge >= 0.3 is 0 Å². The Kier molecular flexibility index (Phi) is 5.85. The number of carbonyl (C=O) groups excluding carboxylic acids is 2. The average Bonchev–Trinajstić information content (AvgIpc) is 2.34. The summed E-state index contributed by atoms with van der Waals surface area (Å²) in [5.41, 5.74) is 0. The zero-order valence-corrected chi connectivity index (χ0v) is 9.84. The number of piperidine rings is 1. The number of nitrogens with one attached hydrogen (secondary N) is 3. The van der Waals surface area contributed by atoms with Crippen molar-refractivity contribution >= 4 is 11.8 Å². The van der Waals surface area contributed by atoms with Gasteiger partial charge in [-0.15, -0.1) is 0 Å². The summed E-state index contributed by atoms with van der Waals surface area (Å²) >= 11 is 0. The maximum absolute atomic E-state index is 11.4. The lowest BCUT2D eigenvalue weighted by molar-refractivity contribution is -0.126. The number of carbonyl (C=O) groups is 2. The van der Waals surface area contributed by atoms with E-state index in [9.17, 15) is 9.59 Å². The fraction of sp³-hybridized carbons (Fsp3) is 0.818. The van der Waals surface area contributed by atoms with Crippen LogP contribution in [0, 0.1) is 0 Å². The molecule has 5 heteroatoms. The molecule has 0 aromatic carbocycles. The van der Waals surface area contributed by atoms with Crippen molar-refractivity contribution in [1.82, 2.24) is 16.0 Å². The third-order valence-electron chi connectivity index (χ3n) is 2.86. The van der Waals surface area contributed by atoms with Crippen LogP contribution in [0.5, 0.6) is 0 Å². The van der Waals surface area contributed by atoms with Crippen molar-refractivity contribution in [2.45, 2.75) is 38.1 Å². The first kappa shape index (κ1) is 13.0. The van der Waals surface area contributed by atoms with Gasteiger partial charge in [0.15, 0.2) is 0 Å². The summed E-state index contributed by atoms with van der Waals surface area (Å²) in [5.74, 6) is -0.208. The first-order valence-corrected chi connectivity index (χ1v) is 5.93. The second-order valence-corrected chi connectivity index (χ2v) is 4.14. The Hall–Kier alpha value is -1.10. The van der Waals surface area contributed by atoms with Gasteiger partial charge in [0.1, 0.15) is 0 Å². The van der Waals surface area contributed by atoms with Crippen LogP contribution < -0.4 is 16.0 Å². The molecule has 1 atom stereocenters. The Morgan fingerprint density at radius 3 is 2.75 bits per heavy atom. The van der Waals surface area contributed by atoms with Crippen molar-refractivity contribution in [3.8, 4) is 0 Å². The van der Waals surface area contributed by atoms with E-state index >= 15 is 0 Å². The molecule has 0 bridgehead atoms. The van der Waals surface area contributed by atoms with Crippen LogP contribution in [0.4, 0.5) is 0 Å². The minimum absolute atomic E-state index is 0.0454. The van der Waals surface area contributed by atoms with Gasteiger partial charge < -0.3 is 16.0 Å². The molecule has 0 aromatic rings. The molecule has 0 saturated carbocycles. The highest BCUT2D eigenvalue weighted by Gasteiger charge is 2.13. The number of likely N-dealkylation sites (N-methyl/N-ethyl adjacent to an activating group) is 1. The van der Waals surface area contributed by atoms with Crippen LogP contribution in [-0.4, -0.2) is 38.0 Å². The molecule has 1 unspecified atom stereocenters. The number of amides is 2. The van der Waals surface area contributed by atoms with Gasteiger partial charge in [0.25, 0.3) is 0 Å². The van der Waals surface area contributed by atoms with Gasteiger partial charge in [-0.1, -0.05) is 6.42 Å². The molecule has 1 aliphatic heterocycles. The van der Waals surface area contributed by atoms with Gasteiger partial charge in [0.2, 0.25) is 11.8 Å². The van der Waals surface area contributed by atoms with Crippen LogP contribution >= 0.6 is 0 Å². The summed E-state index contributed by atoms with van der Waals surface area (Å²) in [6.45, 7) is 1.14. The van der Waals surface area contributed by atoms with Gasteiger partial charge in [0.05, 0.1) is 6.54 Å². The van der Waals surface area contributed by atoms with Crippen LogP contribution in [0.25, 0.3) is 0 Å².